The van der Waals surface area contributed by atoms with E-state index in [9.17, 15) is 9.90 Å². The smallest absolute Gasteiger partial charge is 0.136 e. The van der Waals surface area contributed by atoms with E-state index >= 15 is 0 Å². The second kappa shape index (κ2) is 7.95. The molecule has 1 N–H and O–H groups in total. The first-order valence-electron chi connectivity index (χ1n) is 12.9. The third kappa shape index (κ3) is 3.64. The van der Waals surface area contributed by atoms with E-state index in [4.69, 9.17) is 0 Å². The van der Waals surface area contributed by atoms with Crippen LogP contribution in [0.1, 0.15) is 105 Å². The lowest BCUT2D eigenvalue weighted by Crippen LogP contribution is -2.57. The van der Waals surface area contributed by atoms with Gasteiger partial charge in [0.05, 0.1) is 6.10 Å². The molecular formula is C27H46O2. The van der Waals surface area contributed by atoms with Crippen LogP contribution in [0.2, 0.25) is 0 Å². The topological polar surface area (TPSA) is 37.3 Å². The Balaban J connectivity index is 1.50. The molecule has 2 nitrogen and oxygen atoms in total. The number of ketones is 1. The van der Waals surface area contributed by atoms with Crippen LogP contribution in [-0.4, -0.2) is 17.0 Å². The first kappa shape index (κ1) is 21.8. The monoisotopic (exact) mass is 402 g/mol. The van der Waals surface area contributed by atoms with Gasteiger partial charge < -0.3 is 5.11 Å². The van der Waals surface area contributed by atoms with Gasteiger partial charge in [0.2, 0.25) is 0 Å². The van der Waals surface area contributed by atoms with Crippen molar-refractivity contribution in [3.63, 3.8) is 0 Å². The van der Waals surface area contributed by atoms with Gasteiger partial charge in [0.25, 0.3) is 0 Å². The van der Waals surface area contributed by atoms with Crippen molar-refractivity contribution in [2.45, 2.75) is 111 Å². The van der Waals surface area contributed by atoms with Gasteiger partial charge >= 0.3 is 0 Å². The van der Waals surface area contributed by atoms with Crippen molar-refractivity contribution in [3.8, 4) is 0 Å². The fraction of sp³-hybridized carbons (Fsp3) is 0.963. The fourth-order valence-electron chi connectivity index (χ4n) is 9.04. The van der Waals surface area contributed by atoms with Crippen molar-refractivity contribution < 1.29 is 9.90 Å². The van der Waals surface area contributed by atoms with Gasteiger partial charge in [-0.1, -0.05) is 53.9 Å². The third-order valence-corrected chi connectivity index (χ3v) is 10.6. The Bertz CT molecular complexity index is 612. The average molecular weight is 403 g/mol. The van der Waals surface area contributed by atoms with Crippen LogP contribution < -0.4 is 0 Å². The Morgan fingerprint density at radius 3 is 2.38 bits per heavy atom. The number of carbonyl (C=O) groups is 1. The standard InChI is InChI=1S/C27H46O2/c1-17(2)7-6-8-18(3)21-9-10-22-20-16-25(29)24-15-19(28)11-13-27(24,5)23(20)12-14-26(21,22)4/h17-24,28H,6-16H2,1-5H3/t18-,19-,20+,21-,22+,23-,24-,26-,27-/m1/s1. The normalized spacial score (nSPS) is 48.2. The highest BCUT2D eigenvalue weighted by atomic mass is 16.3. The number of aliphatic hydroxyl groups excluding tert-OH is 1. The highest BCUT2D eigenvalue weighted by Crippen LogP contribution is 2.67. The number of carbonyl (C=O) groups excluding carboxylic acids is 1. The second-order valence-electron chi connectivity index (χ2n) is 12.6. The summed E-state index contributed by atoms with van der Waals surface area (Å²) in [5.41, 5.74) is 0.609. The maximum absolute atomic E-state index is 13.2. The molecule has 0 saturated heterocycles. The van der Waals surface area contributed by atoms with Crippen molar-refractivity contribution in [3.05, 3.63) is 0 Å². The highest BCUT2D eigenvalue weighted by Gasteiger charge is 2.62. The number of hydrogen-bond acceptors (Lipinski definition) is 2. The number of hydrogen-bond donors (Lipinski definition) is 1. The van der Waals surface area contributed by atoms with Gasteiger partial charge in [0.15, 0.2) is 0 Å². The SMILES string of the molecule is CC(C)CCC[C@@H](C)[C@H]1CC[C@H]2[C@@H]3CC(=O)[C@H]4C[C@H](O)CC[C@]4(C)[C@@H]3CC[C@]12C. The molecule has 0 aromatic rings. The van der Waals surface area contributed by atoms with E-state index in [1.807, 2.05) is 0 Å². The molecule has 0 spiro atoms. The minimum Gasteiger partial charge on any atom is -0.393 e. The van der Waals surface area contributed by atoms with E-state index in [2.05, 4.69) is 34.6 Å². The number of aliphatic hydroxyl groups is 1. The maximum atomic E-state index is 13.2. The van der Waals surface area contributed by atoms with Gasteiger partial charge in [-0.15, -0.1) is 0 Å². The van der Waals surface area contributed by atoms with E-state index in [-0.39, 0.29) is 17.4 Å². The largest absolute Gasteiger partial charge is 0.393 e. The molecule has 29 heavy (non-hydrogen) atoms. The van der Waals surface area contributed by atoms with Crippen molar-refractivity contribution in [1.82, 2.24) is 0 Å². The molecule has 4 rings (SSSR count). The molecule has 0 radical (unpaired) electrons. The Kier molecular flexibility index (Phi) is 5.99. The molecule has 0 aromatic heterocycles. The molecule has 2 heteroatoms. The van der Waals surface area contributed by atoms with Crippen molar-refractivity contribution in [2.24, 2.45) is 52.3 Å². The van der Waals surface area contributed by atoms with Crippen LogP contribution in [0, 0.1) is 52.3 Å². The number of Topliss-reactive ketones (excluding diaryl/α,β-unsaturated/α-hetero) is 1. The van der Waals surface area contributed by atoms with E-state index in [1.165, 1.54) is 44.9 Å². The van der Waals surface area contributed by atoms with Crippen LogP contribution in [0.3, 0.4) is 0 Å². The van der Waals surface area contributed by atoms with Crippen molar-refractivity contribution >= 4 is 5.78 Å². The summed E-state index contributed by atoms with van der Waals surface area (Å²) < 4.78 is 0. The zero-order valence-electron chi connectivity index (χ0n) is 19.8. The van der Waals surface area contributed by atoms with Crippen LogP contribution in [0.5, 0.6) is 0 Å². The van der Waals surface area contributed by atoms with Crippen LogP contribution in [0.4, 0.5) is 0 Å². The highest BCUT2D eigenvalue weighted by molar-refractivity contribution is 5.83. The van der Waals surface area contributed by atoms with E-state index in [0.717, 1.165) is 49.4 Å². The molecule has 166 valence electrons. The molecule has 4 aliphatic carbocycles. The van der Waals surface area contributed by atoms with Crippen LogP contribution in [0.15, 0.2) is 0 Å². The first-order chi connectivity index (χ1) is 13.7. The summed E-state index contributed by atoms with van der Waals surface area (Å²) in [5.74, 6) is 5.21. The predicted octanol–water partition coefficient (Wildman–Crippen LogP) is 6.65. The third-order valence-electron chi connectivity index (χ3n) is 10.6. The molecule has 4 fully saturated rings. The zero-order valence-corrected chi connectivity index (χ0v) is 19.8. The van der Waals surface area contributed by atoms with Crippen LogP contribution in [-0.2, 0) is 4.79 Å². The molecule has 0 aromatic carbocycles. The summed E-state index contributed by atoms with van der Waals surface area (Å²) in [7, 11) is 0. The van der Waals surface area contributed by atoms with Gasteiger partial charge in [-0.25, -0.2) is 0 Å². The molecule has 4 saturated carbocycles. The summed E-state index contributed by atoms with van der Waals surface area (Å²) in [4.78, 5) is 13.2. The molecule has 9 atom stereocenters. The van der Waals surface area contributed by atoms with Crippen LogP contribution in [0.25, 0.3) is 0 Å². The maximum Gasteiger partial charge on any atom is 0.136 e. The van der Waals surface area contributed by atoms with Gasteiger partial charge in [0.1, 0.15) is 5.78 Å². The molecule has 0 heterocycles. The quantitative estimate of drug-likeness (QED) is 0.559. The van der Waals surface area contributed by atoms with Crippen LogP contribution >= 0.6 is 0 Å². The summed E-state index contributed by atoms with van der Waals surface area (Å²) >= 11 is 0. The molecule has 0 unspecified atom stereocenters. The van der Waals surface area contributed by atoms with E-state index in [1.54, 1.807) is 0 Å². The van der Waals surface area contributed by atoms with Gasteiger partial charge in [-0.3, -0.25) is 4.79 Å². The van der Waals surface area contributed by atoms with Crippen molar-refractivity contribution in [2.75, 3.05) is 0 Å². The predicted molar refractivity (Wildman–Crippen MR) is 119 cm³/mol. The zero-order chi connectivity index (χ0) is 21.0. The summed E-state index contributed by atoms with van der Waals surface area (Å²) in [6.07, 6.45) is 12.8. The van der Waals surface area contributed by atoms with E-state index < -0.39 is 0 Å². The lowest BCUT2D eigenvalue weighted by molar-refractivity contribution is -0.160. The lowest BCUT2D eigenvalue weighted by Gasteiger charge is -2.60. The molecular weight excluding hydrogens is 356 g/mol. The second-order valence-corrected chi connectivity index (χ2v) is 12.6. The summed E-state index contributed by atoms with van der Waals surface area (Å²) in [6, 6.07) is 0. The van der Waals surface area contributed by atoms with Gasteiger partial charge in [-0.2, -0.15) is 0 Å². The first-order valence-corrected chi connectivity index (χ1v) is 12.9. The molecule has 0 bridgehead atoms. The lowest BCUT2D eigenvalue weighted by atomic mass is 9.44. The summed E-state index contributed by atoms with van der Waals surface area (Å²) in [5, 5.41) is 10.2. The average Bonchev–Trinajstić information content (AvgIpc) is 3.00. The van der Waals surface area contributed by atoms with Gasteiger partial charge in [-0.05, 0) is 91.3 Å². The minimum atomic E-state index is -0.245. The molecule has 0 amide bonds. The Hall–Kier alpha value is -0.370. The van der Waals surface area contributed by atoms with Crippen molar-refractivity contribution in [1.29, 1.82) is 0 Å². The Morgan fingerprint density at radius 1 is 0.966 bits per heavy atom. The number of fused-ring (bicyclic) bond motifs is 5. The fourth-order valence-corrected chi connectivity index (χ4v) is 9.04. The Labute approximate surface area is 179 Å². The molecule has 4 aliphatic rings. The summed E-state index contributed by atoms with van der Waals surface area (Å²) in [6.45, 7) is 12.2. The number of rotatable bonds is 5. The molecule has 0 aliphatic heterocycles. The Morgan fingerprint density at radius 2 is 1.66 bits per heavy atom. The minimum absolute atomic E-state index is 0.129. The van der Waals surface area contributed by atoms with E-state index in [0.29, 0.717) is 23.0 Å². The van der Waals surface area contributed by atoms with Gasteiger partial charge in [0, 0.05) is 12.3 Å².